The molecule has 2 atom stereocenters. The summed E-state index contributed by atoms with van der Waals surface area (Å²) in [7, 11) is 5.29. The van der Waals surface area contributed by atoms with Gasteiger partial charge in [0.05, 0.1) is 14.2 Å². The van der Waals surface area contributed by atoms with Crippen LogP contribution >= 0.6 is 11.6 Å². The third kappa shape index (κ3) is 3.14. The Morgan fingerprint density at radius 1 is 1.24 bits per heavy atom. The summed E-state index contributed by atoms with van der Waals surface area (Å²) in [5.74, 6) is 1.97. The highest BCUT2D eigenvalue weighted by Gasteiger charge is 2.40. The molecule has 1 saturated carbocycles. The molecular weight excluding hydrogens is 286 g/mol. The largest absolute Gasteiger partial charge is 0.493 e. The second kappa shape index (κ2) is 6.45. The smallest absolute Gasteiger partial charge is 0.162 e. The van der Waals surface area contributed by atoms with Crippen LogP contribution in [0.5, 0.6) is 11.5 Å². The van der Waals surface area contributed by atoms with E-state index in [0.29, 0.717) is 17.1 Å². The van der Waals surface area contributed by atoms with Crippen molar-refractivity contribution in [3.05, 3.63) is 22.7 Å². The van der Waals surface area contributed by atoms with E-state index in [4.69, 9.17) is 21.1 Å². The molecule has 1 aromatic carbocycles. The van der Waals surface area contributed by atoms with E-state index >= 15 is 0 Å². The SMILES string of the molecule is CNC(c1cc(OC)c(OC)cc1Cl)C1CCCC1(C)C. The number of halogens is 1. The van der Waals surface area contributed by atoms with Crippen LogP contribution in [0.3, 0.4) is 0 Å². The first kappa shape index (κ1) is 16.4. The summed E-state index contributed by atoms with van der Waals surface area (Å²) in [5.41, 5.74) is 1.42. The zero-order valence-corrected chi connectivity index (χ0v) is 14.4. The Balaban J connectivity index is 2.43. The van der Waals surface area contributed by atoms with Gasteiger partial charge in [0.15, 0.2) is 11.5 Å². The van der Waals surface area contributed by atoms with E-state index in [1.165, 1.54) is 19.3 Å². The summed E-state index contributed by atoms with van der Waals surface area (Å²) in [6.45, 7) is 4.70. The van der Waals surface area contributed by atoms with Crippen LogP contribution in [0.1, 0.15) is 44.7 Å². The van der Waals surface area contributed by atoms with Crippen molar-refractivity contribution in [1.82, 2.24) is 5.32 Å². The predicted molar refractivity (Wildman–Crippen MR) is 87.5 cm³/mol. The average Bonchev–Trinajstić information content (AvgIpc) is 2.80. The Labute approximate surface area is 133 Å². The number of rotatable bonds is 5. The summed E-state index contributed by atoms with van der Waals surface area (Å²) in [4.78, 5) is 0. The van der Waals surface area contributed by atoms with Gasteiger partial charge in [0.1, 0.15) is 0 Å². The van der Waals surface area contributed by atoms with E-state index in [2.05, 4.69) is 19.2 Å². The summed E-state index contributed by atoms with van der Waals surface area (Å²) in [5, 5.41) is 4.20. The topological polar surface area (TPSA) is 30.5 Å². The van der Waals surface area contributed by atoms with Crippen molar-refractivity contribution in [3.63, 3.8) is 0 Å². The molecule has 1 aliphatic rings. The van der Waals surface area contributed by atoms with Gasteiger partial charge in [-0.2, -0.15) is 0 Å². The number of nitrogens with one attached hydrogen (secondary N) is 1. The highest BCUT2D eigenvalue weighted by molar-refractivity contribution is 6.31. The van der Waals surface area contributed by atoms with Gasteiger partial charge in [-0.05, 0) is 42.9 Å². The predicted octanol–water partition coefficient (Wildman–Crippen LogP) is 4.44. The molecule has 0 aromatic heterocycles. The minimum atomic E-state index is 0.231. The fraction of sp³-hybridized carbons (Fsp3) is 0.647. The first-order valence-corrected chi connectivity index (χ1v) is 7.91. The van der Waals surface area contributed by atoms with Crippen LogP contribution in [0.15, 0.2) is 12.1 Å². The molecule has 3 nitrogen and oxygen atoms in total. The Morgan fingerprint density at radius 3 is 2.33 bits per heavy atom. The number of hydrogen-bond donors (Lipinski definition) is 1. The summed E-state index contributed by atoms with van der Waals surface area (Å²) < 4.78 is 10.8. The minimum absolute atomic E-state index is 0.231. The van der Waals surface area contributed by atoms with E-state index in [9.17, 15) is 0 Å². The average molecular weight is 312 g/mol. The van der Waals surface area contributed by atoms with Crippen LogP contribution in [-0.2, 0) is 0 Å². The van der Waals surface area contributed by atoms with Gasteiger partial charge in [0, 0.05) is 17.1 Å². The highest BCUT2D eigenvalue weighted by atomic mass is 35.5. The lowest BCUT2D eigenvalue weighted by atomic mass is 9.75. The van der Waals surface area contributed by atoms with Gasteiger partial charge in [-0.25, -0.2) is 0 Å². The molecule has 1 aromatic rings. The van der Waals surface area contributed by atoms with E-state index in [1.54, 1.807) is 14.2 Å². The lowest BCUT2D eigenvalue weighted by Gasteiger charge is -2.35. The molecule has 0 amide bonds. The van der Waals surface area contributed by atoms with Crippen molar-refractivity contribution in [2.75, 3.05) is 21.3 Å². The molecule has 118 valence electrons. The van der Waals surface area contributed by atoms with E-state index in [0.717, 1.165) is 16.3 Å². The fourth-order valence-corrected chi connectivity index (χ4v) is 3.92. The van der Waals surface area contributed by atoms with Crippen LogP contribution in [-0.4, -0.2) is 21.3 Å². The Morgan fingerprint density at radius 2 is 1.86 bits per heavy atom. The Hall–Kier alpha value is -0.930. The van der Waals surface area contributed by atoms with Gasteiger partial charge in [0.2, 0.25) is 0 Å². The third-order valence-corrected chi connectivity index (χ3v) is 5.22. The number of benzene rings is 1. The van der Waals surface area contributed by atoms with Gasteiger partial charge < -0.3 is 14.8 Å². The third-order valence-electron chi connectivity index (χ3n) is 4.89. The normalized spacial score (nSPS) is 22.1. The zero-order chi connectivity index (χ0) is 15.6. The lowest BCUT2D eigenvalue weighted by Crippen LogP contribution is -2.32. The summed E-state index contributed by atoms with van der Waals surface area (Å²) in [6.07, 6.45) is 3.77. The molecule has 21 heavy (non-hydrogen) atoms. The molecule has 2 rings (SSSR count). The van der Waals surface area contributed by atoms with Crippen LogP contribution in [0.4, 0.5) is 0 Å². The molecule has 0 aliphatic heterocycles. The van der Waals surface area contributed by atoms with Gasteiger partial charge in [0.25, 0.3) is 0 Å². The van der Waals surface area contributed by atoms with Crippen LogP contribution < -0.4 is 14.8 Å². The Bertz CT molecular complexity index is 502. The molecule has 1 aliphatic carbocycles. The number of ether oxygens (including phenoxy) is 2. The van der Waals surface area contributed by atoms with E-state index in [-0.39, 0.29) is 6.04 Å². The van der Waals surface area contributed by atoms with Crippen LogP contribution in [0.2, 0.25) is 5.02 Å². The monoisotopic (exact) mass is 311 g/mol. The Kier molecular flexibility index (Phi) is 5.05. The summed E-state index contributed by atoms with van der Waals surface area (Å²) >= 11 is 6.51. The first-order chi connectivity index (χ1) is 9.94. The van der Waals surface area contributed by atoms with Crippen LogP contribution in [0.25, 0.3) is 0 Å². The number of methoxy groups -OCH3 is 2. The van der Waals surface area contributed by atoms with Crippen molar-refractivity contribution in [2.24, 2.45) is 11.3 Å². The van der Waals surface area contributed by atoms with E-state index in [1.807, 2.05) is 19.2 Å². The molecule has 0 saturated heterocycles. The standard InChI is InChI=1S/C17H26ClNO2/c1-17(2)8-6-7-12(17)16(19-3)11-9-14(20-4)15(21-5)10-13(11)18/h9-10,12,16,19H,6-8H2,1-5H3. The molecule has 0 heterocycles. The second-order valence-corrected chi connectivity index (χ2v) is 6.89. The maximum absolute atomic E-state index is 6.51. The molecular formula is C17H26ClNO2. The van der Waals surface area contributed by atoms with Gasteiger partial charge in [-0.15, -0.1) is 0 Å². The zero-order valence-electron chi connectivity index (χ0n) is 13.6. The van der Waals surface area contributed by atoms with Crippen molar-refractivity contribution in [1.29, 1.82) is 0 Å². The molecule has 1 N–H and O–H groups in total. The second-order valence-electron chi connectivity index (χ2n) is 6.48. The van der Waals surface area contributed by atoms with Gasteiger partial charge in [-0.3, -0.25) is 0 Å². The number of hydrogen-bond acceptors (Lipinski definition) is 3. The maximum atomic E-state index is 6.51. The molecule has 0 spiro atoms. The molecule has 2 unspecified atom stereocenters. The molecule has 0 bridgehead atoms. The van der Waals surface area contributed by atoms with Gasteiger partial charge in [-0.1, -0.05) is 31.9 Å². The first-order valence-electron chi connectivity index (χ1n) is 7.53. The van der Waals surface area contributed by atoms with Crippen molar-refractivity contribution in [2.45, 2.75) is 39.2 Å². The van der Waals surface area contributed by atoms with Crippen molar-refractivity contribution >= 4 is 11.6 Å². The molecule has 4 heteroatoms. The van der Waals surface area contributed by atoms with E-state index < -0.39 is 0 Å². The van der Waals surface area contributed by atoms with Crippen LogP contribution in [0, 0.1) is 11.3 Å². The fourth-order valence-electron chi connectivity index (χ4n) is 3.65. The summed E-state index contributed by atoms with van der Waals surface area (Å²) in [6, 6.07) is 4.09. The highest BCUT2D eigenvalue weighted by Crippen LogP contribution is 2.50. The molecule has 1 fully saturated rings. The molecule has 0 radical (unpaired) electrons. The quantitative estimate of drug-likeness (QED) is 0.871. The lowest BCUT2D eigenvalue weighted by molar-refractivity contribution is 0.203. The van der Waals surface area contributed by atoms with Crippen molar-refractivity contribution < 1.29 is 9.47 Å². The maximum Gasteiger partial charge on any atom is 0.162 e. The minimum Gasteiger partial charge on any atom is -0.493 e. The van der Waals surface area contributed by atoms with Gasteiger partial charge >= 0.3 is 0 Å². The van der Waals surface area contributed by atoms with Crippen molar-refractivity contribution in [3.8, 4) is 11.5 Å².